The van der Waals surface area contributed by atoms with E-state index < -0.39 is 22.8 Å². The van der Waals surface area contributed by atoms with Gasteiger partial charge in [-0.25, -0.2) is 0 Å². The number of nitrogens with zero attached hydrogens (tertiary/aromatic N) is 4. The number of carbonyl (C=O) groups excluding carboxylic acids is 1. The second-order valence-corrected chi connectivity index (χ2v) is 8.06. The minimum atomic E-state index is -4.64. The highest BCUT2D eigenvalue weighted by molar-refractivity contribution is 9.10. The van der Waals surface area contributed by atoms with Gasteiger partial charge in [0.25, 0.3) is 0 Å². The summed E-state index contributed by atoms with van der Waals surface area (Å²) in [6.45, 7) is 4.57. The molecule has 1 amide bonds. The Hall–Kier alpha value is -1.55. The van der Waals surface area contributed by atoms with Crippen LogP contribution in [0.4, 0.5) is 13.2 Å². The van der Waals surface area contributed by atoms with E-state index in [-0.39, 0.29) is 12.5 Å². The Labute approximate surface area is 173 Å². The van der Waals surface area contributed by atoms with E-state index in [0.717, 1.165) is 33.4 Å². The molecule has 0 aliphatic heterocycles. The number of alkyl halides is 3. The summed E-state index contributed by atoms with van der Waals surface area (Å²) in [5, 5.41) is 10.3. The third kappa shape index (κ3) is 4.53. The van der Waals surface area contributed by atoms with E-state index in [4.69, 9.17) is 11.6 Å². The molecule has 1 fully saturated rings. The van der Waals surface area contributed by atoms with Gasteiger partial charge in [0.2, 0.25) is 5.91 Å². The van der Waals surface area contributed by atoms with Crippen molar-refractivity contribution in [1.29, 1.82) is 0 Å². The minimum Gasteiger partial charge on any atom is -0.354 e. The van der Waals surface area contributed by atoms with Crippen molar-refractivity contribution in [3.8, 4) is 0 Å². The lowest BCUT2D eigenvalue weighted by Gasteiger charge is -2.09. The Kier molecular flexibility index (Phi) is 6.09. The predicted octanol–water partition coefficient (Wildman–Crippen LogP) is 4.22. The van der Waals surface area contributed by atoms with Crippen molar-refractivity contribution < 1.29 is 18.0 Å². The highest BCUT2D eigenvalue weighted by Gasteiger charge is 2.42. The first-order chi connectivity index (χ1) is 13.1. The Bertz CT molecular complexity index is 888. The second-order valence-electron chi connectivity index (χ2n) is 6.89. The molecule has 0 radical (unpaired) electrons. The monoisotopic (exact) mass is 481 g/mol. The smallest absolute Gasteiger partial charge is 0.354 e. The van der Waals surface area contributed by atoms with Gasteiger partial charge in [-0.3, -0.25) is 14.2 Å². The maximum absolute atomic E-state index is 13.1. The number of rotatable bonds is 7. The van der Waals surface area contributed by atoms with Crippen LogP contribution < -0.4 is 5.32 Å². The van der Waals surface area contributed by atoms with E-state index in [2.05, 4.69) is 31.4 Å². The highest BCUT2D eigenvalue weighted by atomic mass is 79.9. The largest absolute Gasteiger partial charge is 0.436 e. The molecule has 0 aromatic carbocycles. The summed E-state index contributed by atoms with van der Waals surface area (Å²) >= 11 is 9.37. The molecule has 1 saturated carbocycles. The van der Waals surface area contributed by atoms with Gasteiger partial charge >= 0.3 is 6.18 Å². The molecule has 154 valence electrons. The van der Waals surface area contributed by atoms with Crippen LogP contribution >= 0.6 is 27.5 Å². The number of halogens is 5. The van der Waals surface area contributed by atoms with Crippen LogP contribution in [0, 0.1) is 13.8 Å². The van der Waals surface area contributed by atoms with Gasteiger partial charge in [-0.05, 0) is 49.0 Å². The fourth-order valence-electron chi connectivity index (χ4n) is 3.04. The van der Waals surface area contributed by atoms with Crippen LogP contribution in [0.15, 0.2) is 4.47 Å². The lowest BCUT2D eigenvalue weighted by molar-refractivity contribution is -0.141. The first kappa shape index (κ1) is 21.2. The third-order valence-corrected chi connectivity index (χ3v) is 6.14. The summed E-state index contributed by atoms with van der Waals surface area (Å²) in [4.78, 5) is 12.2. The molecule has 6 nitrogen and oxygen atoms in total. The number of hydrogen-bond donors (Lipinski definition) is 1. The molecule has 2 heterocycles. The molecule has 0 unspecified atom stereocenters. The first-order valence-electron chi connectivity index (χ1n) is 8.89. The standard InChI is InChI=1S/C17H20BrClF3N5O/c1-9-13(18)10(2)26(24-9)7-3-6-23-12(28)8-27-15(11-4-5-11)14(19)16(25-27)17(20,21)22/h11H,3-8H2,1-2H3,(H,23,28). The van der Waals surface area contributed by atoms with Crippen molar-refractivity contribution in [1.82, 2.24) is 24.9 Å². The molecular weight excluding hydrogens is 463 g/mol. The topological polar surface area (TPSA) is 64.7 Å². The van der Waals surface area contributed by atoms with Crippen LogP contribution in [0.1, 0.15) is 48.0 Å². The fourth-order valence-corrected chi connectivity index (χ4v) is 3.72. The molecule has 1 aliphatic carbocycles. The normalized spacial score (nSPS) is 14.5. The van der Waals surface area contributed by atoms with Crippen LogP contribution in [0.2, 0.25) is 5.02 Å². The van der Waals surface area contributed by atoms with Crippen molar-refractivity contribution in [2.24, 2.45) is 0 Å². The van der Waals surface area contributed by atoms with E-state index in [1.807, 2.05) is 18.5 Å². The maximum Gasteiger partial charge on any atom is 0.436 e. The molecule has 3 rings (SSSR count). The number of amides is 1. The van der Waals surface area contributed by atoms with E-state index in [9.17, 15) is 18.0 Å². The summed E-state index contributed by atoms with van der Waals surface area (Å²) < 4.78 is 43.1. The SMILES string of the molecule is Cc1nn(CCCNC(=O)Cn2nc(C(F)(F)F)c(Cl)c2C2CC2)c(C)c1Br. The van der Waals surface area contributed by atoms with Crippen molar-refractivity contribution in [3.05, 3.63) is 32.3 Å². The summed E-state index contributed by atoms with van der Waals surface area (Å²) in [6, 6.07) is 0. The molecule has 2 aromatic rings. The number of carbonyl (C=O) groups is 1. The van der Waals surface area contributed by atoms with Gasteiger partial charge in [0, 0.05) is 24.7 Å². The third-order valence-electron chi connectivity index (χ3n) is 4.62. The van der Waals surface area contributed by atoms with Gasteiger partial charge in [-0.2, -0.15) is 23.4 Å². The number of hydrogen-bond acceptors (Lipinski definition) is 3. The van der Waals surface area contributed by atoms with Crippen LogP contribution in [0.5, 0.6) is 0 Å². The molecule has 2 aromatic heterocycles. The van der Waals surface area contributed by atoms with Crippen molar-refractivity contribution in [2.45, 2.75) is 58.3 Å². The molecule has 0 saturated heterocycles. The lowest BCUT2D eigenvalue weighted by Crippen LogP contribution is -2.30. The van der Waals surface area contributed by atoms with Gasteiger partial charge in [-0.1, -0.05) is 11.6 Å². The quantitative estimate of drug-likeness (QED) is 0.601. The summed E-state index contributed by atoms with van der Waals surface area (Å²) in [5.41, 5.74) is 1.07. The van der Waals surface area contributed by atoms with E-state index in [0.29, 0.717) is 25.2 Å². The average molecular weight is 483 g/mol. The van der Waals surface area contributed by atoms with Crippen LogP contribution in [-0.2, 0) is 24.1 Å². The van der Waals surface area contributed by atoms with E-state index in [1.165, 1.54) is 0 Å². The van der Waals surface area contributed by atoms with Crippen molar-refractivity contribution in [2.75, 3.05) is 6.54 Å². The Balaban J connectivity index is 1.57. The molecule has 1 aliphatic rings. The highest BCUT2D eigenvalue weighted by Crippen LogP contribution is 2.46. The first-order valence-corrected chi connectivity index (χ1v) is 10.1. The Morgan fingerprint density at radius 2 is 1.96 bits per heavy atom. The molecule has 0 atom stereocenters. The van der Waals surface area contributed by atoms with Gasteiger partial charge in [-0.15, -0.1) is 0 Å². The molecule has 0 bridgehead atoms. The predicted molar refractivity (Wildman–Crippen MR) is 101 cm³/mol. The summed E-state index contributed by atoms with van der Waals surface area (Å²) in [6.07, 6.45) is -2.50. The van der Waals surface area contributed by atoms with E-state index in [1.54, 1.807) is 0 Å². The van der Waals surface area contributed by atoms with Crippen LogP contribution in [0.3, 0.4) is 0 Å². The zero-order valence-electron chi connectivity index (χ0n) is 15.4. The number of nitrogens with one attached hydrogen (secondary N) is 1. The van der Waals surface area contributed by atoms with Crippen molar-refractivity contribution >= 4 is 33.4 Å². The number of aromatic nitrogens is 4. The minimum absolute atomic E-state index is 0.0617. The van der Waals surface area contributed by atoms with Gasteiger partial charge < -0.3 is 5.32 Å². The molecule has 11 heteroatoms. The maximum atomic E-state index is 13.1. The van der Waals surface area contributed by atoms with Crippen molar-refractivity contribution in [3.63, 3.8) is 0 Å². The zero-order valence-corrected chi connectivity index (χ0v) is 17.7. The fraction of sp³-hybridized carbons (Fsp3) is 0.588. The van der Waals surface area contributed by atoms with Crippen LogP contribution in [0.25, 0.3) is 0 Å². The summed E-state index contributed by atoms with van der Waals surface area (Å²) in [5.74, 6) is -0.460. The number of aryl methyl sites for hydroxylation is 2. The van der Waals surface area contributed by atoms with Gasteiger partial charge in [0.15, 0.2) is 5.69 Å². The average Bonchev–Trinajstić information content (AvgIpc) is 3.34. The van der Waals surface area contributed by atoms with Gasteiger partial charge in [0.05, 0.1) is 20.9 Å². The second kappa shape index (κ2) is 8.06. The lowest BCUT2D eigenvalue weighted by atomic mass is 10.2. The molecule has 1 N–H and O–H groups in total. The molecule has 28 heavy (non-hydrogen) atoms. The Morgan fingerprint density at radius 3 is 2.50 bits per heavy atom. The Morgan fingerprint density at radius 1 is 1.29 bits per heavy atom. The van der Waals surface area contributed by atoms with Gasteiger partial charge in [0.1, 0.15) is 6.54 Å². The molecular formula is C17H20BrClF3N5O. The summed E-state index contributed by atoms with van der Waals surface area (Å²) in [7, 11) is 0. The molecule has 0 spiro atoms. The van der Waals surface area contributed by atoms with Crippen LogP contribution in [-0.4, -0.2) is 32.0 Å². The zero-order chi connectivity index (χ0) is 20.6. The van der Waals surface area contributed by atoms with E-state index >= 15 is 0 Å².